The Bertz CT molecular complexity index is 2310. The molecule has 1 N–H and O–H groups in total. The summed E-state index contributed by atoms with van der Waals surface area (Å²) in [7, 11) is 0. The fourth-order valence-electron chi connectivity index (χ4n) is 8.31. The zero-order valence-electron chi connectivity index (χ0n) is 36.1. The number of hydrogen-bond donors (Lipinski definition) is 1. The number of aromatic nitrogens is 3. The maximum atomic E-state index is 15.9. The van der Waals surface area contributed by atoms with Crippen molar-refractivity contribution in [2.24, 2.45) is 5.41 Å². The van der Waals surface area contributed by atoms with E-state index in [4.69, 9.17) is 23.7 Å². The first-order chi connectivity index (χ1) is 30.1. The summed E-state index contributed by atoms with van der Waals surface area (Å²) in [6.07, 6.45) is 12.7. The predicted molar refractivity (Wildman–Crippen MR) is 237 cm³/mol. The SMILES string of the molecule is CCOC(=O)CCc1cccc(C(CCCC(C)(C)CSCCc2c(Oc3ccc(F)c(-c4nn(C5CCCCO5)cc4C#N)c3)c(F)cc3[nH]ccc23)OC2CCCCO2)c1. The number of carbonyl (C=O) groups excluding carboxylic acids is 1. The Hall–Kier alpha value is -4.74. The van der Waals surface area contributed by atoms with Crippen LogP contribution in [0.4, 0.5) is 8.78 Å². The largest absolute Gasteiger partial charge is 0.466 e. The molecule has 2 saturated heterocycles. The van der Waals surface area contributed by atoms with E-state index in [2.05, 4.69) is 42.1 Å². The van der Waals surface area contributed by atoms with Gasteiger partial charge in [-0.1, -0.05) is 38.1 Å². The molecule has 3 atom stereocenters. The van der Waals surface area contributed by atoms with E-state index in [1.165, 1.54) is 24.3 Å². The minimum absolute atomic E-state index is 0.0194. The van der Waals surface area contributed by atoms with Crippen molar-refractivity contribution in [2.45, 2.75) is 116 Å². The summed E-state index contributed by atoms with van der Waals surface area (Å²) in [5.41, 5.74) is 4.09. The van der Waals surface area contributed by atoms with Gasteiger partial charge in [0.1, 0.15) is 29.6 Å². The van der Waals surface area contributed by atoms with Crippen molar-refractivity contribution in [3.63, 3.8) is 0 Å². The van der Waals surface area contributed by atoms with Gasteiger partial charge in [0.2, 0.25) is 0 Å². The molecule has 0 spiro atoms. The first-order valence-electron chi connectivity index (χ1n) is 22.1. The lowest BCUT2D eigenvalue weighted by Gasteiger charge is -2.30. The summed E-state index contributed by atoms with van der Waals surface area (Å²) in [6, 6.07) is 18.0. The Labute approximate surface area is 367 Å². The van der Waals surface area contributed by atoms with E-state index in [1.807, 2.05) is 36.9 Å². The Morgan fingerprint density at radius 3 is 2.66 bits per heavy atom. The number of carbonyl (C=O) groups is 1. The van der Waals surface area contributed by atoms with Gasteiger partial charge in [0, 0.05) is 60.1 Å². The van der Waals surface area contributed by atoms with Gasteiger partial charge in [-0.2, -0.15) is 22.1 Å². The first kappa shape index (κ1) is 45.3. The number of nitrogens with zero attached hydrogens (tertiary/aromatic N) is 3. The van der Waals surface area contributed by atoms with Crippen molar-refractivity contribution < 1.29 is 37.3 Å². The monoisotopic (exact) mass is 868 g/mol. The van der Waals surface area contributed by atoms with Crippen molar-refractivity contribution in [2.75, 3.05) is 31.3 Å². The van der Waals surface area contributed by atoms with Gasteiger partial charge >= 0.3 is 5.97 Å². The van der Waals surface area contributed by atoms with Crippen LogP contribution >= 0.6 is 11.8 Å². The Morgan fingerprint density at radius 2 is 1.89 bits per heavy atom. The van der Waals surface area contributed by atoms with E-state index in [0.29, 0.717) is 44.6 Å². The third kappa shape index (κ3) is 11.8. The molecule has 2 aliphatic rings. The average Bonchev–Trinajstić information content (AvgIpc) is 3.94. The molecule has 0 amide bonds. The topological polar surface area (TPSA) is 121 Å². The van der Waals surface area contributed by atoms with Gasteiger partial charge in [-0.05, 0) is 130 Å². The maximum absolute atomic E-state index is 15.9. The highest BCUT2D eigenvalue weighted by Gasteiger charge is 2.26. The number of hydrogen-bond acceptors (Lipinski definition) is 9. The number of thioether (sulfide) groups is 1. The van der Waals surface area contributed by atoms with Crippen molar-refractivity contribution in [1.29, 1.82) is 5.26 Å². The number of esters is 1. The van der Waals surface area contributed by atoms with Crippen molar-refractivity contribution in [3.05, 3.63) is 101 Å². The van der Waals surface area contributed by atoms with E-state index in [9.17, 15) is 10.1 Å². The average molecular weight is 869 g/mol. The van der Waals surface area contributed by atoms with Gasteiger partial charge in [-0.3, -0.25) is 4.79 Å². The molecule has 3 unspecified atom stereocenters. The Balaban J connectivity index is 0.990. The lowest BCUT2D eigenvalue weighted by atomic mass is 9.88. The fraction of sp³-hybridized carbons (Fsp3) is 0.490. The number of nitriles is 1. The molecule has 0 bridgehead atoms. The fourth-order valence-corrected chi connectivity index (χ4v) is 9.50. The number of nitrogens with one attached hydrogen (secondary N) is 1. The molecule has 2 aromatic heterocycles. The number of rotatable bonds is 20. The molecule has 330 valence electrons. The highest BCUT2D eigenvalue weighted by Crippen LogP contribution is 2.39. The number of H-pyrrole nitrogens is 1. The molecular formula is C49H58F2N4O6S. The van der Waals surface area contributed by atoms with E-state index < -0.39 is 11.6 Å². The van der Waals surface area contributed by atoms with E-state index in [0.717, 1.165) is 91.4 Å². The predicted octanol–water partition coefficient (Wildman–Crippen LogP) is 11.9. The molecular weight excluding hydrogens is 811 g/mol. The van der Waals surface area contributed by atoms with Gasteiger partial charge < -0.3 is 28.7 Å². The molecule has 7 rings (SSSR count). The highest BCUT2D eigenvalue weighted by molar-refractivity contribution is 7.99. The zero-order valence-corrected chi connectivity index (χ0v) is 36.9. The van der Waals surface area contributed by atoms with E-state index in [-0.39, 0.29) is 58.3 Å². The van der Waals surface area contributed by atoms with Crippen molar-refractivity contribution in [3.8, 4) is 28.8 Å². The Morgan fingerprint density at radius 1 is 1.05 bits per heavy atom. The van der Waals surface area contributed by atoms with Crippen LogP contribution in [0.25, 0.3) is 22.2 Å². The lowest BCUT2D eigenvalue weighted by molar-refractivity contribution is -0.191. The number of fused-ring (bicyclic) bond motifs is 1. The molecule has 4 heterocycles. The maximum Gasteiger partial charge on any atom is 0.306 e. The first-order valence-corrected chi connectivity index (χ1v) is 23.2. The number of ether oxygens (including phenoxy) is 5. The van der Waals surface area contributed by atoms with Gasteiger partial charge in [0.05, 0.1) is 18.3 Å². The van der Waals surface area contributed by atoms with Crippen LogP contribution in [-0.2, 0) is 36.6 Å². The number of benzene rings is 3. The normalized spacial score (nSPS) is 17.5. The van der Waals surface area contributed by atoms with E-state index >= 15 is 8.78 Å². The molecule has 0 aliphatic carbocycles. The van der Waals surface area contributed by atoms with E-state index in [1.54, 1.807) is 17.1 Å². The summed E-state index contributed by atoms with van der Waals surface area (Å²) in [5.74, 6) is 0.674. The summed E-state index contributed by atoms with van der Waals surface area (Å²) in [4.78, 5) is 15.2. The third-order valence-electron chi connectivity index (χ3n) is 11.6. The minimum Gasteiger partial charge on any atom is -0.466 e. The van der Waals surface area contributed by atoms with Gasteiger partial charge in [-0.25, -0.2) is 13.5 Å². The summed E-state index contributed by atoms with van der Waals surface area (Å²) >= 11 is 1.83. The smallest absolute Gasteiger partial charge is 0.306 e. The molecule has 10 nitrogen and oxygen atoms in total. The second-order valence-corrected chi connectivity index (χ2v) is 18.1. The molecule has 0 saturated carbocycles. The van der Waals surface area contributed by atoms with Gasteiger partial charge in [0.25, 0.3) is 0 Å². The number of aryl methyl sites for hydroxylation is 2. The molecule has 3 aromatic carbocycles. The van der Waals surface area contributed by atoms with Crippen molar-refractivity contribution >= 4 is 28.6 Å². The molecule has 0 radical (unpaired) electrons. The lowest BCUT2D eigenvalue weighted by Crippen LogP contribution is -2.25. The molecule has 62 heavy (non-hydrogen) atoms. The molecule has 2 fully saturated rings. The molecule has 2 aliphatic heterocycles. The van der Waals surface area contributed by atoms with Crippen LogP contribution in [0.1, 0.15) is 120 Å². The third-order valence-corrected chi connectivity index (χ3v) is 13.1. The van der Waals surface area contributed by atoms with Crippen LogP contribution in [0, 0.1) is 28.4 Å². The van der Waals surface area contributed by atoms with Crippen LogP contribution in [-0.4, -0.2) is 58.4 Å². The van der Waals surface area contributed by atoms with Crippen LogP contribution < -0.4 is 4.74 Å². The second kappa shape index (κ2) is 21.6. The summed E-state index contributed by atoms with van der Waals surface area (Å²) in [6.45, 7) is 8.08. The summed E-state index contributed by atoms with van der Waals surface area (Å²) in [5, 5.41) is 15.4. The standard InChI is InChI=1S/C49H58F2N4O6S/c1-4-57-45(56)19-16-33-11-9-12-34(27-33)43(61-46-15-6-8-25-59-46)13-10-22-49(2,3)32-62-26-21-38-37-20-23-53-42(37)29-41(51)48(38)60-36-17-18-40(50)39(28-36)47-35(30-52)31-55(54-47)44-14-5-7-24-58-44/h9,11-12,17-18,20,23,27-29,31,43-44,46,53H,4-8,10,13-16,19,21-22,24-26,32H2,1-3H3. The van der Waals surface area contributed by atoms with Crippen LogP contribution in [0.2, 0.25) is 0 Å². The molecule has 13 heteroatoms. The molecule has 5 aromatic rings. The van der Waals surface area contributed by atoms with Gasteiger partial charge in [0.15, 0.2) is 17.9 Å². The number of aromatic amines is 1. The number of halogens is 2. The van der Waals surface area contributed by atoms with Crippen molar-refractivity contribution in [1.82, 2.24) is 14.8 Å². The second-order valence-electron chi connectivity index (χ2n) is 17.0. The summed E-state index contributed by atoms with van der Waals surface area (Å²) < 4.78 is 62.8. The zero-order chi connectivity index (χ0) is 43.5. The Kier molecular flexibility index (Phi) is 15.8. The quantitative estimate of drug-likeness (QED) is 0.0602. The highest BCUT2D eigenvalue weighted by atomic mass is 32.2. The van der Waals surface area contributed by atoms with Gasteiger partial charge in [-0.15, -0.1) is 0 Å². The minimum atomic E-state index is -0.567. The van der Waals surface area contributed by atoms with Crippen LogP contribution in [0.15, 0.2) is 67.0 Å². The van der Waals surface area contributed by atoms with Crippen LogP contribution in [0.3, 0.4) is 0 Å². The van der Waals surface area contributed by atoms with Crippen LogP contribution in [0.5, 0.6) is 11.5 Å².